The van der Waals surface area contributed by atoms with Crippen LogP contribution in [0, 0.1) is 17.8 Å². The minimum Gasteiger partial charge on any atom is -0.319 e. The molecule has 1 N–H and O–H groups in total. The Balaban J connectivity index is 1.87. The van der Waals surface area contributed by atoms with Crippen LogP contribution < -0.4 is 5.32 Å². The maximum absolute atomic E-state index is 3.41. The molecular formula is C17H29NS. The Hall–Kier alpha value is -0.340. The van der Waals surface area contributed by atoms with Gasteiger partial charge in [0.1, 0.15) is 0 Å². The average Bonchev–Trinajstić information content (AvgIpc) is 2.92. The molecule has 0 saturated heterocycles. The first-order valence-electron chi connectivity index (χ1n) is 8.00. The van der Waals surface area contributed by atoms with Crippen molar-refractivity contribution in [3.63, 3.8) is 0 Å². The molecule has 1 saturated carbocycles. The lowest BCUT2D eigenvalue weighted by Gasteiger charge is -2.36. The molecule has 1 heterocycles. The van der Waals surface area contributed by atoms with E-state index in [1.807, 2.05) is 11.3 Å². The van der Waals surface area contributed by atoms with Crippen molar-refractivity contribution in [1.82, 2.24) is 5.32 Å². The highest BCUT2D eigenvalue weighted by atomic mass is 32.1. The second kappa shape index (κ2) is 8.06. The topological polar surface area (TPSA) is 12.0 Å². The highest BCUT2D eigenvalue weighted by Crippen LogP contribution is 2.38. The Morgan fingerprint density at radius 2 is 2.16 bits per heavy atom. The number of thiophene rings is 1. The van der Waals surface area contributed by atoms with E-state index in [2.05, 4.69) is 36.8 Å². The summed E-state index contributed by atoms with van der Waals surface area (Å²) in [5, 5.41) is 5.62. The van der Waals surface area contributed by atoms with Gasteiger partial charge in [-0.25, -0.2) is 0 Å². The zero-order valence-corrected chi connectivity index (χ0v) is 13.3. The molecule has 0 amide bonds. The molecule has 0 aliphatic heterocycles. The van der Waals surface area contributed by atoms with E-state index in [0.29, 0.717) is 0 Å². The molecule has 2 rings (SSSR count). The van der Waals surface area contributed by atoms with Crippen LogP contribution in [-0.2, 0) is 6.42 Å². The standard InChI is InChI=1S/C17H29NS/c1-3-5-14-7-8-16(13-18-2)15(12-14)9-10-17-6-4-11-19-17/h4,6,11,14-16,18H,3,5,7-10,12-13H2,1-2H3. The van der Waals surface area contributed by atoms with Crippen LogP contribution in [0.3, 0.4) is 0 Å². The molecule has 108 valence electrons. The predicted octanol–water partition coefficient (Wildman–Crippen LogP) is 4.73. The Morgan fingerprint density at radius 1 is 1.26 bits per heavy atom. The lowest BCUT2D eigenvalue weighted by molar-refractivity contribution is 0.162. The van der Waals surface area contributed by atoms with Gasteiger partial charge in [-0.3, -0.25) is 0 Å². The third-order valence-electron chi connectivity index (χ3n) is 4.75. The molecule has 19 heavy (non-hydrogen) atoms. The van der Waals surface area contributed by atoms with Gasteiger partial charge >= 0.3 is 0 Å². The van der Waals surface area contributed by atoms with Crippen molar-refractivity contribution in [2.45, 2.75) is 51.9 Å². The smallest absolute Gasteiger partial charge is 0.00453 e. The van der Waals surface area contributed by atoms with Crippen molar-refractivity contribution >= 4 is 11.3 Å². The van der Waals surface area contributed by atoms with Crippen molar-refractivity contribution in [3.8, 4) is 0 Å². The van der Waals surface area contributed by atoms with Crippen molar-refractivity contribution < 1.29 is 0 Å². The molecule has 0 bridgehead atoms. The molecule has 1 aliphatic rings. The van der Waals surface area contributed by atoms with E-state index in [4.69, 9.17) is 0 Å². The number of nitrogens with one attached hydrogen (secondary N) is 1. The summed E-state index contributed by atoms with van der Waals surface area (Å²) >= 11 is 1.92. The van der Waals surface area contributed by atoms with Crippen LogP contribution >= 0.6 is 11.3 Å². The molecule has 3 unspecified atom stereocenters. The maximum atomic E-state index is 3.41. The number of hydrogen-bond acceptors (Lipinski definition) is 2. The van der Waals surface area contributed by atoms with Crippen LogP contribution in [0.4, 0.5) is 0 Å². The molecule has 1 aromatic heterocycles. The minimum atomic E-state index is 0.915. The zero-order chi connectivity index (χ0) is 13.5. The fourth-order valence-electron chi connectivity index (χ4n) is 3.76. The van der Waals surface area contributed by atoms with E-state index in [1.54, 1.807) is 4.88 Å². The summed E-state index contributed by atoms with van der Waals surface area (Å²) in [7, 11) is 2.11. The fraction of sp³-hybridized carbons (Fsp3) is 0.765. The summed E-state index contributed by atoms with van der Waals surface area (Å²) < 4.78 is 0. The van der Waals surface area contributed by atoms with E-state index < -0.39 is 0 Å². The van der Waals surface area contributed by atoms with Gasteiger partial charge in [0, 0.05) is 4.88 Å². The van der Waals surface area contributed by atoms with Crippen LogP contribution in [0.15, 0.2) is 17.5 Å². The first-order valence-corrected chi connectivity index (χ1v) is 8.88. The van der Waals surface area contributed by atoms with Crippen LogP contribution in [0.25, 0.3) is 0 Å². The Kier molecular flexibility index (Phi) is 6.39. The highest BCUT2D eigenvalue weighted by Gasteiger charge is 2.29. The van der Waals surface area contributed by atoms with Gasteiger partial charge in [0.05, 0.1) is 0 Å². The number of aryl methyl sites for hydroxylation is 1. The first-order chi connectivity index (χ1) is 9.33. The lowest BCUT2D eigenvalue weighted by atomic mass is 9.71. The average molecular weight is 279 g/mol. The van der Waals surface area contributed by atoms with Crippen LogP contribution in [0.5, 0.6) is 0 Å². The fourth-order valence-corrected chi connectivity index (χ4v) is 4.49. The number of rotatable bonds is 7. The lowest BCUT2D eigenvalue weighted by Crippen LogP contribution is -2.32. The Morgan fingerprint density at radius 3 is 2.84 bits per heavy atom. The summed E-state index contributed by atoms with van der Waals surface area (Å²) in [6.07, 6.45) is 9.89. The molecule has 2 heteroatoms. The quantitative estimate of drug-likeness (QED) is 0.760. The molecule has 0 aromatic carbocycles. The van der Waals surface area contributed by atoms with Gasteiger partial charge in [-0.2, -0.15) is 0 Å². The van der Waals surface area contributed by atoms with Crippen LogP contribution in [-0.4, -0.2) is 13.6 Å². The van der Waals surface area contributed by atoms with Gasteiger partial charge < -0.3 is 5.32 Å². The van der Waals surface area contributed by atoms with Crippen LogP contribution in [0.2, 0.25) is 0 Å². The van der Waals surface area contributed by atoms with Gasteiger partial charge in [0.15, 0.2) is 0 Å². The zero-order valence-electron chi connectivity index (χ0n) is 12.5. The second-order valence-corrected chi connectivity index (χ2v) is 7.20. The Bertz CT molecular complexity index is 333. The summed E-state index contributed by atoms with van der Waals surface area (Å²) in [6.45, 7) is 3.55. The molecule has 1 nitrogen and oxygen atoms in total. The van der Waals surface area contributed by atoms with Crippen molar-refractivity contribution in [1.29, 1.82) is 0 Å². The third-order valence-corrected chi connectivity index (χ3v) is 5.69. The minimum absolute atomic E-state index is 0.915. The normalized spacial score (nSPS) is 27.6. The summed E-state index contributed by atoms with van der Waals surface area (Å²) in [5.41, 5.74) is 0. The molecule has 3 atom stereocenters. The van der Waals surface area contributed by atoms with Gasteiger partial charge in [0.2, 0.25) is 0 Å². The van der Waals surface area contributed by atoms with E-state index in [-0.39, 0.29) is 0 Å². The largest absolute Gasteiger partial charge is 0.319 e. The van der Waals surface area contributed by atoms with Gasteiger partial charge in [-0.05, 0) is 68.5 Å². The van der Waals surface area contributed by atoms with Crippen molar-refractivity contribution in [2.24, 2.45) is 17.8 Å². The second-order valence-electron chi connectivity index (χ2n) is 6.16. The summed E-state index contributed by atoms with van der Waals surface area (Å²) in [6, 6.07) is 4.48. The maximum Gasteiger partial charge on any atom is 0.00453 e. The van der Waals surface area contributed by atoms with E-state index in [9.17, 15) is 0 Å². The van der Waals surface area contributed by atoms with Gasteiger partial charge in [-0.15, -0.1) is 11.3 Å². The third kappa shape index (κ3) is 4.61. The first kappa shape index (κ1) is 15.1. The van der Waals surface area contributed by atoms with E-state index >= 15 is 0 Å². The van der Waals surface area contributed by atoms with Crippen molar-refractivity contribution in [3.05, 3.63) is 22.4 Å². The van der Waals surface area contributed by atoms with E-state index in [0.717, 1.165) is 17.8 Å². The summed E-state index contributed by atoms with van der Waals surface area (Å²) in [4.78, 5) is 1.57. The molecule has 0 radical (unpaired) electrons. The van der Waals surface area contributed by atoms with Gasteiger partial charge in [0.25, 0.3) is 0 Å². The van der Waals surface area contributed by atoms with Crippen LogP contribution in [0.1, 0.15) is 50.3 Å². The molecule has 0 spiro atoms. The Labute approximate surface area is 122 Å². The molecule has 1 fully saturated rings. The molecule has 1 aliphatic carbocycles. The molecule has 1 aromatic rings. The van der Waals surface area contributed by atoms with Gasteiger partial charge in [-0.1, -0.05) is 32.3 Å². The number of hydrogen-bond donors (Lipinski definition) is 1. The monoisotopic (exact) mass is 279 g/mol. The molecular weight excluding hydrogens is 250 g/mol. The summed E-state index contributed by atoms with van der Waals surface area (Å²) in [5.74, 6) is 2.87. The predicted molar refractivity (Wildman–Crippen MR) is 85.8 cm³/mol. The SMILES string of the molecule is CCCC1CCC(CNC)C(CCc2cccs2)C1. The van der Waals surface area contributed by atoms with E-state index in [1.165, 1.54) is 51.5 Å². The van der Waals surface area contributed by atoms with Crippen molar-refractivity contribution in [2.75, 3.05) is 13.6 Å². The highest BCUT2D eigenvalue weighted by molar-refractivity contribution is 7.09.